The van der Waals surface area contributed by atoms with E-state index in [2.05, 4.69) is 20.2 Å². The van der Waals surface area contributed by atoms with E-state index in [-0.39, 0.29) is 17.4 Å². The summed E-state index contributed by atoms with van der Waals surface area (Å²) in [5, 5.41) is 2.93. The molecule has 0 bridgehead atoms. The number of hydrogen-bond acceptors (Lipinski definition) is 6. The summed E-state index contributed by atoms with van der Waals surface area (Å²) in [4.78, 5) is 36.8. The number of carbonyl (C=O) groups is 1. The Morgan fingerprint density at radius 1 is 1.00 bits per heavy atom. The lowest BCUT2D eigenvalue weighted by molar-refractivity contribution is 0.102. The lowest BCUT2D eigenvalue weighted by atomic mass is 10.1. The minimum atomic E-state index is -0.170. The van der Waals surface area contributed by atoms with Crippen LogP contribution in [0.5, 0.6) is 0 Å². The van der Waals surface area contributed by atoms with Crippen molar-refractivity contribution >= 4 is 23.2 Å². The molecule has 0 unspecified atom stereocenters. The highest BCUT2D eigenvalue weighted by molar-refractivity contribution is 6.04. The van der Waals surface area contributed by atoms with Gasteiger partial charge in [-0.05, 0) is 79.9 Å². The summed E-state index contributed by atoms with van der Waals surface area (Å²) < 4.78 is 1.63. The first-order valence-electron chi connectivity index (χ1n) is 11.9. The van der Waals surface area contributed by atoms with E-state index in [1.165, 1.54) is 0 Å². The SMILES string of the molecule is Cc1ccc(C(=O)Nc2ccc(-n3ccc(C)c(N4CCc5nc(N)ncc5C4)c3=O)cc2)cc1C. The smallest absolute Gasteiger partial charge is 0.278 e. The monoisotopic (exact) mass is 480 g/mol. The van der Waals surface area contributed by atoms with E-state index in [9.17, 15) is 9.59 Å². The summed E-state index contributed by atoms with van der Waals surface area (Å²) in [5.74, 6) is 0.103. The van der Waals surface area contributed by atoms with Gasteiger partial charge in [0, 0.05) is 54.4 Å². The normalized spacial score (nSPS) is 12.8. The molecular formula is C28H28N6O2. The number of anilines is 3. The zero-order chi connectivity index (χ0) is 25.4. The average Bonchev–Trinajstić information content (AvgIpc) is 2.86. The number of benzene rings is 2. The Bertz CT molecular complexity index is 1520. The number of nitrogens with one attached hydrogen (secondary N) is 1. The molecule has 1 aliphatic heterocycles. The molecule has 3 N–H and O–H groups in total. The van der Waals surface area contributed by atoms with Crippen LogP contribution in [0.1, 0.15) is 38.3 Å². The van der Waals surface area contributed by atoms with Gasteiger partial charge in [-0.1, -0.05) is 6.07 Å². The van der Waals surface area contributed by atoms with Crippen molar-refractivity contribution in [1.82, 2.24) is 14.5 Å². The van der Waals surface area contributed by atoms with E-state index in [4.69, 9.17) is 5.73 Å². The van der Waals surface area contributed by atoms with Crippen LogP contribution in [0.25, 0.3) is 5.69 Å². The molecule has 0 aliphatic carbocycles. The van der Waals surface area contributed by atoms with Gasteiger partial charge in [0.05, 0.1) is 5.69 Å². The molecule has 0 spiro atoms. The van der Waals surface area contributed by atoms with Gasteiger partial charge < -0.3 is 16.0 Å². The van der Waals surface area contributed by atoms with Crippen LogP contribution in [0.4, 0.5) is 17.3 Å². The van der Waals surface area contributed by atoms with E-state index in [1.54, 1.807) is 29.1 Å². The first-order valence-corrected chi connectivity index (χ1v) is 11.9. The van der Waals surface area contributed by atoms with E-state index in [0.29, 0.717) is 36.4 Å². The van der Waals surface area contributed by atoms with Gasteiger partial charge in [0.25, 0.3) is 11.5 Å². The number of carbonyl (C=O) groups excluding carboxylic acids is 1. The third-order valence-corrected chi connectivity index (χ3v) is 6.71. The fourth-order valence-electron chi connectivity index (χ4n) is 4.52. The van der Waals surface area contributed by atoms with Crippen LogP contribution in [-0.4, -0.2) is 27.0 Å². The maximum Gasteiger partial charge on any atom is 0.278 e. The number of pyridine rings is 1. The van der Waals surface area contributed by atoms with Crippen molar-refractivity contribution in [1.29, 1.82) is 0 Å². The second-order valence-electron chi connectivity index (χ2n) is 9.19. The van der Waals surface area contributed by atoms with Crippen molar-refractivity contribution in [2.24, 2.45) is 0 Å². The highest BCUT2D eigenvalue weighted by Crippen LogP contribution is 2.24. The number of amides is 1. The fourth-order valence-corrected chi connectivity index (χ4v) is 4.52. The molecule has 8 heteroatoms. The molecule has 0 fully saturated rings. The number of aryl methyl sites for hydroxylation is 3. The summed E-state index contributed by atoms with van der Waals surface area (Å²) in [6, 6.07) is 14.9. The van der Waals surface area contributed by atoms with Crippen LogP contribution >= 0.6 is 0 Å². The Balaban J connectivity index is 1.38. The van der Waals surface area contributed by atoms with Gasteiger partial charge >= 0.3 is 0 Å². The third-order valence-electron chi connectivity index (χ3n) is 6.71. The molecule has 0 atom stereocenters. The summed E-state index contributed by atoms with van der Waals surface area (Å²) in [7, 11) is 0. The predicted octanol–water partition coefficient (Wildman–Crippen LogP) is 3.95. The van der Waals surface area contributed by atoms with Crippen LogP contribution in [-0.2, 0) is 13.0 Å². The third kappa shape index (κ3) is 4.45. The van der Waals surface area contributed by atoms with Gasteiger partial charge in [-0.3, -0.25) is 14.2 Å². The van der Waals surface area contributed by atoms with E-state index < -0.39 is 0 Å². The summed E-state index contributed by atoms with van der Waals surface area (Å²) >= 11 is 0. The van der Waals surface area contributed by atoms with Gasteiger partial charge in [0.2, 0.25) is 5.95 Å². The molecular weight excluding hydrogens is 452 g/mol. The quantitative estimate of drug-likeness (QED) is 0.458. The van der Waals surface area contributed by atoms with Gasteiger partial charge in [0.15, 0.2) is 0 Å². The van der Waals surface area contributed by atoms with E-state index in [1.807, 2.05) is 57.2 Å². The summed E-state index contributed by atoms with van der Waals surface area (Å²) in [6.45, 7) is 7.18. The molecule has 2 aromatic carbocycles. The molecule has 0 saturated heterocycles. The van der Waals surface area contributed by atoms with Gasteiger partial charge in [-0.25, -0.2) is 9.97 Å². The number of hydrogen-bond donors (Lipinski definition) is 2. The highest BCUT2D eigenvalue weighted by atomic mass is 16.1. The Morgan fingerprint density at radius 3 is 2.53 bits per heavy atom. The Hall–Kier alpha value is -4.46. The van der Waals surface area contributed by atoms with Crippen molar-refractivity contribution < 1.29 is 4.79 Å². The summed E-state index contributed by atoms with van der Waals surface area (Å²) in [6.07, 6.45) is 4.22. The largest absolute Gasteiger partial charge is 0.368 e. The Morgan fingerprint density at radius 2 is 1.78 bits per heavy atom. The maximum atomic E-state index is 13.6. The molecule has 3 heterocycles. The van der Waals surface area contributed by atoms with E-state index in [0.717, 1.165) is 33.6 Å². The van der Waals surface area contributed by atoms with Crippen LogP contribution in [0.2, 0.25) is 0 Å². The lowest BCUT2D eigenvalue weighted by Gasteiger charge is -2.30. The van der Waals surface area contributed by atoms with Crippen LogP contribution in [0.3, 0.4) is 0 Å². The standard InChI is InChI=1S/C28H28N6O2/c1-17-4-5-20(14-19(17)3)26(35)31-22-6-8-23(9-7-22)34-13-10-18(2)25(27(34)36)33-12-11-24-21(16-33)15-30-28(29)32-24/h4-10,13-15H,11-12,16H2,1-3H3,(H,31,35)(H2,29,30,32). The number of nitrogens with two attached hydrogens (primary N) is 1. The lowest BCUT2D eigenvalue weighted by Crippen LogP contribution is -2.37. The second-order valence-corrected chi connectivity index (χ2v) is 9.19. The molecule has 182 valence electrons. The molecule has 36 heavy (non-hydrogen) atoms. The Labute approximate surface area is 209 Å². The molecule has 1 aliphatic rings. The molecule has 8 nitrogen and oxygen atoms in total. The van der Waals surface area contributed by atoms with Crippen LogP contribution in [0.15, 0.2) is 65.7 Å². The number of fused-ring (bicyclic) bond motifs is 1. The topological polar surface area (TPSA) is 106 Å². The van der Waals surface area contributed by atoms with Crippen molar-refractivity contribution in [2.45, 2.75) is 33.7 Å². The molecule has 0 radical (unpaired) electrons. The van der Waals surface area contributed by atoms with Crippen LogP contribution < -0.4 is 21.5 Å². The van der Waals surface area contributed by atoms with Gasteiger partial charge in [-0.15, -0.1) is 0 Å². The molecule has 5 rings (SSSR count). The summed E-state index contributed by atoms with van der Waals surface area (Å²) in [5.41, 5.74) is 13.3. The average molecular weight is 481 g/mol. The van der Waals surface area contributed by atoms with Gasteiger partial charge in [0.1, 0.15) is 5.69 Å². The molecule has 2 aromatic heterocycles. The minimum absolute atomic E-state index is 0.0956. The zero-order valence-corrected chi connectivity index (χ0v) is 20.6. The highest BCUT2D eigenvalue weighted by Gasteiger charge is 2.23. The molecule has 0 saturated carbocycles. The number of nitrogens with zero attached hydrogens (tertiary/aromatic N) is 4. The van der Waals surface area contributed by atoms with Crippen molar-refractivity contribution in [2.75, 3.05) is 22.5 Å². The number of nitrogen functional groups attached to an aromatic ring is 1. The maximum absolute atomic E-state index is 13.6. The van der Waals surface area contributed by atoms with Crippen molar-refractivity contribution in [3.05, 3.63) is 105 Å². The fraction of sp³-hybridized carbons (Fsp3) is 0.214. The van der Waals surface area contributed by atoms with Crippen molar-refractivity contribution in [3.63, 3.8) is 0 Å². The number of rotatable bonds is 4. The molecule has 4 aromatic rings. The zero-order valence-electron chi connectivity index (χ0n) is 20.6. The minimum Gasteiger partial charge on any atom is -0.368 e. The number of aromatic nitrogens is 3. The van der Waals surface area contributed by atoms with Crippen LogP contribution in [0, 0.1) is 20.8 Å². The molecule has 1 amide bonds. The van der Waals surface area contributed by atoms with Crippen molar-refractivity contribution in [3.8, 4) is 5.69 Å². The Kier molecular flexibility index (Phi) is 6.01. The second kappa shape index (κ2) is 9.30. The van der Waals surface area contributed by atoms with E-state index >= 15 is 0 Å². The first-order chi connectivity index (χ1) is 17.3. The first kappa shape index (κ1) is 23.3. The van der Waals surface area contributed by atoms with Gasteiger partial charge in [-0.2, -0.15) is 0 Å². The predicted molar refractivity (Wildman–Crippen MR) is 142 cm³/mol.